The molecule has 3 aliphatic rings. The van der Waals surface area contributed by atoms with Gasteiger partial charge in [0.15, 0.2) is 12.1 Å². The van der Waals surface area contributed by atoms with Crippen molar-refractivity contribution in [2.45, 2.75) is 50.7 Å². The molecule has 0 N–H and O–H groups in total. The first-order valence-electron chi connectivity index (χ1n) is 4.77. The fourth-order valence-corrected chi connectivity index (χ4v) is 2.04. The number of hydrogen-bond acceptors (Lipinski definition) is 4. The van der Waals surface area contributed by atoms with Crippen LogP contribution in [0.4, 0.5) is 0 Å². The van der Waals surface area contributed by atoms with Crippen LogP contribution in [0.3, 0.4) is 0 Å². The number of hydrogen-bond donors (Lipinski definition) is 0. The van der Waals surface area contributed by atoms with E-state index in [0.717, 1.165) is 13.0 Å². The molecule has 3 aliphatic heterocycles. The van der Waals surface area contributed by atoms with Crippen LogP contribution in [0.2, 0.25) is 0 Å². The molecule has 0 aromatic heterocycles. The molecule has 0 amide bonds. The van der Waals surface area contributed by atoms with Gasteiger partial charge in [0.1, 0.15) is 12.2 Å². The molecule has 0 aromatic rings. The Morgan fingerprint density at radius 2 is 1.85 bits per heavy atom. The minimum Gasteiger partial charge on any atom is -0.370 e. The van der Waals surface area contributed by atoms with Gasteiger partial charge in [0.05, 0.1) is 12.7 Å². The van der Waals surface area contributed by atoms with E-state index in [2.05, 4.69) is 0 Å². The Kier molecular flexibility index (Phi) is 1.54. The maximum atomic E-state index is 5.68. The molecule has 0 aliphatic carbocycles. The molecular formula is C9H14O4. The molecular weight excluding hydrogens is 172 g/mol. The van der Waals surface area contributed by atoms with E-state index in [1.807, 2.05) is 13.8 Å². The lowest BCUT2D eigenvalue weighted by Crippen LogP contribution is -2.26. The Balaban J connectivity index is 1.66. The van der Waals surface area contributed by atoms with E-state index in [0.29, 0.717) is 6.10 Å². The van der Waals surface area contributed by atoms with Crippen molar-refractivity contribution in [3.63, 3.8) is 0 Å². The zero-order chi connectivity index (χ0) is 9.05. The molecule has 13 heavy (non-hydrogen) atoms. The van der Waals surface area contributed by atoms with Crippen LogP contribution in [0.5, 0.6) is 0 Å². The standard InChI is InChI=1S/C9H14O4/c1-9(2)12-6-3-5(7-4-10-7)11-8(6)13-9/h5-8H,3-4H2,1-2H3/t5?,6?,7-,8?/m0/s1. The lowest BCUT2D eigenvalue weighted by Gasteiger charge is -2.19. The van der Waals surface area contributed by atoms with Crippen LogP contribution < -0.4 is 0 Å². The summed E-state index contributed by atoms with van der Waals surface area (Å²) in [6.45, 7) is 4.65. The van der Waals surface area contributed by atoms with E-state index in [4.69, 9.17) is 18.9 Å². The second-order valence-corrected chi connectivity index (χ2v) is 4.32. The average molecular weight is 186 g/mol. The molecule has 74 valence electrons. The molecule has 0 bridgehead atoms. The summed E-state index contributed by atoms with van der Waals surface area (Å²) < 4.78 is 22.1. The fourth-order valence-electron chi connectivity index (χ4n) is 2.04. The highest BCUT2D eigenvalue weighted by atomic mass is 16.8. The van der Waals surface area contributed by atoms with Crippen molar-refractivity contribution in [1.82, 2.24) is 0 Å². The second-order valence-electron chi connectivity index (χ2n) is 4.32. The zero-order valence-corrected chi connectivity index (χ0v) is 7.86. The van der Waals surface area contributed by atoms with E-state index < -0.39 is 5.79 Å². The predicted octanol–water partition coefficient (Wildman–Crippen LogP) is 0.652. The van der Waals surface area contributed by atoms with Crippen LogP contribution in [0.25, 0.3) is 0 Å². The van der Waals surface area contributed by atoms with Gasteiger partial charge in [-0.05, 0) is 13.8 Å². The lowest BCUT2D eigenvalue weighted by molar-refractivity contribution is -0.206. The molecule has 4 nitrogen and oxygen atoms in total. The largest absolute Gasteiger partial charge is 0.370 e. The van der Waals surface area contributed by atoms with Gasteiger partial charge in [0, 0.05) is 6.42 Å². The van der Waals surface area contributed by atoms with Crippen molar-refractivity contribution in [1.29, 1.82) is 0 Å². The number of epoxide rings is 1. The third-order valence-corrected chi connectivity index (χ3v) is 2.69. The highest BCUT2D eigenvalue weighted by molar-refractivity contribution is 4.92. The molecule has 3 fully saturated rings. The van der Waals surface area contributed by atoms with E-state index in [1.165, 1.54) is 0 Å². The quantitative estimate of drug-likeness (QED) is 0.564. The van der Waals surface area contributed by atoms with Crippen molar-refractivity contribution < 1.29 is 18.9 Å². The van der Waals surface area contributed by atoms with E-state index in [1.54, 1.807) is 0 Å². The van der Waals surface area contributed by atoms with Crippen LogP contribution in [-0.4, -0.2) is 37.0 Å². The topological polar surface area (TPSA) is 40.2 Å². The first-order chi connectivity index (χ1) is 6.14. The van der Waals surface area contributed by atoms with Crippen LogP contribution in [0, 0.1) is 0 Å². The van der Waals surface area contributed by atoms with E-state index >= 15 is 0 Å². The number of fused-ring (bicyclic) bond motifs is 1. The van der Waals surface area contributed by atoms with Crippen molar-refractivity contribution in [2.24, 2.45) is 0 Å². The summed E-state index contributed by atoms with van der Waals surface area (Å²) in [5.41, 5.74) is 0. The van der Waals surface area contributed by atoms with Crippen molar-refractivity contribution in [2.75, 3.05) is 6.61 Å². The summed E-state index contributed by atoms with van der Waals surface area (Å²) in [5, 5.41) is 0. The zero-order valence-electron chi connectivity index (χ0n) is 7.86. The summed E-state index contributed by atoms with van der Waals surface area (Å²) in [6, 6.07) is 0. The Morgan fingerprint density at radius 1 is 1.08 bits per heavy atom. The van der Waals surface area contributed by atoms with Gasteiger partial charge in [-0.1, -0.05) is 0 Å². The Labute approximate surface area is 77.1 Å². The van der Waals surface area contributed by atoms with Gasteiger partial charge in [0.2, 0.25) is 0 Å². The second kappa shape index (κ2) is 2.45. The molecule has 4 heteroatoms. The normalized spacial score (nSPS) is 52.2. The van der Waals surface area contributed by atoms with E-state index in [9.17, 15) is 0 Å². The molecule has 0 radical (unpaired) electrons. The number of rotatable bonds is 1. The van der Waals surface area contributed by atoms with Crippen molar-refractivity contribution in [3.05, 3.63) is 0 Å². The fraction of sp³-hybridized carbons (Fsp3) is 1.00. The van der Waals surface area contributed by atoms with Crippen LogP contribution in [0.15, 0.2) is 0 Å². The van der Waals surface area contributed by atoms with Crippen LogP contribution in [-0.2, 0) is 18.9 Å². The van der Waals surface area contributed by atoms with Gasteiger partial charge in [-0.15, -0.1) is 0 Å². The summed E-state index contributed by atoms with van der Waals surface area (Å²) in [7, 11) is 0. The highest BCUT2D eigenvalue weighted by Gasteiger charge is 2.52. The first kappa shape index (κ1) is 8.17. The molecule has 3 heterocycles. The number of ether oxygens (including phenoxy) is 4. The lowest BCUT2D eigenvalue weighted by atomic mass is 10.1. The van der Waals surface area contributed by atoms with Crippen molar-refractivity contribution >= 4 is 0 Å². The van der Waals surface area contributed by atoms with Gasteiger partial charge in [-0.2, -0.15) is 0 Å². The average Bonchev–Trinajstić information content (AvgIpc) is 2.71. The van der Waals surface area contributed by atoms with Gasteiger partial charge in [0.25, 0.3) is 0 Å². The smallest absolute Gasteiger partial charge is 0.187 e. The van der Waals surface area contributed by atoms with Gasteiger partial charge in [-0.25, -0.2) is 0 Å². The molecule has 3 unspecified atom stereocenters. The molecule has 0 spiro atoms. The maximum absolute atomic E-state index is 5.68. The first-order valence-corrected chi connectivity index (χ1v) is 4.77. The van der Waals surface area contributed by atoms with Crippen LogP contribution >= 0.6 is 0 Å². The summed E-state index contributed by atoms with van der Waals surface area (Å²) in [6.07, 6.45) is 1.30. The maximum Gasteiger partial charge on any atom is 0.187 e. The Morgan fingerprint density at radius 3 is 2.46 bits per heavy atom. The van der Waals surface area contributed by atoms with E-state index in [-0.39, 0.29) is 18.5 Å². The van der Waals surface area contributed by atoms with Gasteiger partial charge in [-0.3, -0.25) is 0 Å². The van der Waals surface area contributed by atoms with Crippen molar-refractivity contribution in [3.8, 4) is 0 Å². The highest BCUT2D eigenvalue weighted by Crippen LogP contribution is 2.39. The molecule has 4 atom stereocenters. The molecule has 0 aromatic carbocycles. The summed E-state index contributed by atoms with van der Waals surface area (Å²) in [4.78, 5) is 0. The van der Waals surface area contributed by atoms with Gasteiger partial charge < -0.3 is 18.9 Å². The predicted molar refractivity (Wildman–Crippen MR) is 43.1 cm³/mol. The Bertz CT molecular complexity index is 208. The minimum atomic E-state index is -0.481. The molecule has 0 saturated carbocycles. The molecule has 3 rings (SSSR count). The summed E-state index contributed by atoms with van der Waals surface area (Å²) in [5.74, 6) is -0.481. The van der Waals surface area contributed by atoms with Gasteiger partial charge >= 0.3 is 0 Å². The Hall–Kier alpha value is -0.160. The third kappa shape index (κ3) is 1.38. The minimum absolute atomic E-state index is 0.101. The SMILES string of the molecule is CC1(C)OC2CC([C@@H]3CO3)OC2O1. The van der Waals surface area contributed by atoms with Crippen LogP contribution in [0.1, 0.15) is 20.3 Å². The third-order valence-electron chi connectivity index (χ3n) is 2.69. The summed E-state index contributed by atoms with van der Waals surface area (Å²) >= 11 is 0. The molecule has 3 saturated heterocycles. The monoisotopic (exact) mass is 186 g/mol.